The van der Waals surface area contributed by atoms with E-state index in [0.29, 0.717) is 5.69 Å². The van der Waals surface area contributed by atoms with E-state index in [1.165, 1.54) is 0 Å². The summed E-state index contributed by atoms with van der Waals surface area (Å²) in [6, 6.07) is 5.71. The molecule has 2 aromatic rings. The minimum Gasteiger partial charge on any atom is -0.356 e. The molecule has 2 N–H and O–H groups in total. The summed E-state index contributed by atoms with van der Waals surface area (Å²) in [5, 5.41) is 2.92. The normalized spacial score (nSPS) is 10.4. The molecule has 1 heterocycles. The molecule has 3 nitrogen and oxygen atoms in total. The average Bonchev–Trinajstić information content (AvgIpc) is 2.70. The van der Waals surface area contributed by atoms with Crippen molar-refractivity contribution in [2.45, 2.75) is 13.8 Å². The lowest BCUT2D eigenvalue weighted by Gasteiger charge is -2.11. The van der Waals surface area contributed by atoms with Gasteiger partial charge in [-0.1, -0.05) is 15.9 Å². The largest absolute Gasteiger partial charge is 0.356 e. The van der Waals surface area contributed by atoms with Gasteiger partial charge in [-0.3, -0.25) is 4.79 Å². The van der Waals surface area contributed by atoms with E-state index >= 15 is 0 Å². The molecule has 0 fully saturated rings. The van der Waals surface area contributed by atoms with Crippen molar-refractivity contribution in [1.82, 2.24) is 4.98 Å². The lowest BCUT2D eigenvalue weighted by atomic mass is 10.1. The summed E-state index contributed by atoms with van der Waals surface area (Å²) in [6.45, 7) is 3.94. The number of carbonyl (C=O) groups is 1. The van der Waals surface area contributed by atoms with E-state index in [-0.39, 0.29) is 5.91 Å². The van der Waals surface area contributed by atoms with E-state index < -0.39 is 0 Å². The van der Waals surface area contributed by atoms with Gasteiger partial charge in [0.05, 0.1) is 0 Å². The van der Waals surface area contributed by atoms with Gasteiger partial charge in [-0.05, 0) is 59.1 Å². The number of nitrogens with one attached hydrogen (secondary N) is 2. The lowest BCUT2D eigenvalue weighted by Crippen LogP contribution is -2.14. The molecule has 0 aliphatic heterocycles. The minimum atomic E-state index is -0.144. The molecule has 0 unspecified atom stereocenters. The van der Waals surface area contributed by atoms with Crippen LogP contribution in [0.5, 0.6) is 0 Å². The van der Waals surface area contributed by atoms with Gasteiger partial charge < -0.3 is 10.3 Å². The van der Waals surface area contributed by atoms with Crippen molar-refractivity contribution in [3.8, 4) is 0 Å². The minimum absolute atomic E-state index is 0.144. The van der Waals surface area contributed by atoms with E-state index in [2.05, 4.69) is 42.2 Å². The van der Waals surface area contributed by atoms with Crippen LogP contribution in [0.3, 0.4) is 0 Å². The molecule has 18 heavy (non-hydrogen) atoms. The van der Waals surface area contributed by atoms with Crippen molar-refractivity contribution >= 4 is 43.5 Å². The number of H-pyrrole nitrogens is 1. The van der Waals surface area contributed by atoms with Crippen LogP contribution in [-0.4, -0.2) is 10.9 Å². The van der Waals surface area contributed by atoms with E-state index in [4.69, 9.17) is 0 Å². The molecule has 0 saturated carbocycles. The maximum atomic E-state index is 12.0. The highest BCUT2D eigenvalue weighted by molar-refractivity contribution is 9.10. The third-order valence-corrected chi connectivity index (χ3v) is 3.54. The summed E-state index contributed by atoms with van der Waals surface area (Å²) in [5.74, 6) is -0.144. The molecule has 0 bridgehead atoms. The first-order valence-corrected chi connectivity index (χ1v) is 6.98. The molecule has 0 aliphatic rings. The predicted octanol–water partition coefficient (Wildman–Crippen LogP) is 4.41. The highest BCUT2D eigenvalue weighted by atomic mass is 79.9. The van der Waals surface area contributed by atoms with Crippen molar-refractivity contribution in [3.63, 3.8) is 0 Å². The lowest BCUT2D eigenvalue weighted by molar-refractivity contribution is 0.102. The number of aromatic amines is 1. The Kier molecular flexibility index (Phi) is 3.92. The summed E-state index contributed by atoms with van der Waals surface area (Å²) >= 11 is 6.74. The van der Waals surface area contributed by atoms with Crippen molar-refractivity contribution in [1.29, 1.82) is 0 Å². The van der Waals surface area contributed by atoms with Gasteiger partial charge in [-0.15, -0.1) is 0 Å². The first-order valence-electron chi connectivity index (χ1n) is 5.39. The second-order valence-electron chi connectivity index (χ2n) is 4.10. The van der Waals surface area contributed by atoms with Crippen molar-refractivity contribution < 1.29 is 4.79 Å². The first-order chi connectivity index (χ1) is 8.47. The highest BCUT2D eigenvalue weighted by Crippen LogP contribution is 2.25. The van der Waals surface area contributed by atoms with Crippen LogP contribution in [0.25, 0.3) is 0 Å². The summed E-state index contributed by atoms with van der Waals surface area (Å²) in [6.07, 6.45) is 1.73. The number of halogens is 2. The third-order valence-electron chi connectivity index (χ3n) is 2.63. The Hall–Kier alpha value is -1.07. The van der Waals surface area contributed by atoms with Crippen LogP contribution in [0.15, 0.2) is 33.3 Å². The second kappa shape index (κ2) is 5.28. The van der Waals surface area contributed by atoms with Gasteiger partial charge in [0.1, 0.15) is 5.69 Å². The number of anilines is 1. The molecule has 0 radical (unpaired) electrons. The molecular weight excluding hydrogens is 360 g/mol. The Balaban J connectivity index is 2.27. The Labute approximate surface area is 122 Å². The fourth-order valence-electron chi connectivity index (χ4n) is 1.79. The smallest absolute Gasteiger partial charge is 0.272 e. The van der Waals surface area contributed by atoms with Crippen LogP contribution < -0.4 is 5.32 Å². The molecule has 1 aromatic carbocycles. The molecular formula is C13H12Br2N2O. The summed E-state index contributed by atoms with van der Waals surface area (Å²) in [5.41, 5.74) is 3.44. The number of hydrogen-bond acceptors (Lipinski definition) is 1. The Morgan fingerprint density at radius 2 is 1.72 bits per heavy atom. The molecule has 1 amide bonds. The Morgan fingerprint density at radius 1 is 1.11 bits per heavy atom. The molecule has 1 aromatic heterocycles. The van der Waals surface area contributed by atoms with Crippen molar-refractivity contribution in [3.05, 3.63) is 50.2 Å². The average molecular weight is 372 g/mol. The van der Waals surface area contributed by atoms with Crippen LogP contribution in [0.1, 0.15) is 21.6 Å². The first kappa shape index (κ1) is 13.4. The van der Waals surface area contributed by atoms with Crippen LogP contribution in [0.2, 0.25) is 0 Å². The summed E-state index contributed by atoms with van der Waals surface area (Å²) in [4.78, 5) is 14.9. The van der Waals surface area contributed by atoms with Crippen LogP contribution in [0, 0.1) is 13.8 Å². The second-order valence-corrected chi connectivity index (χ2v) is 5.93. The number of hydrogen-bond donors (Lipinski definition) is 2. The SMILES string of the molecule is Cc1cc(Br)cc(C)c1NC(=O)c1cc(Br)c[nH]1. The van der Waals surface area contributed by atoms with Crippen molar-refractivity contribution in [2.24, 2.45) is 0 Å². The zero-order valence-corrected chi connectivity index (χ0v) is 13.1. The molecule has 0 atom stereocenters. The predicted molar refractivity (Wildman–Crippen MR) is 80.1 cm³/mol. The monoisotopic (exact) mass is 370 g/mol. The zero-order valence-electron chi connectivity index (χ0n) is 9.97. The molecule has 0 spiro atoms. The summed E-state index contributed by atoms with van der Waals surface area (Å²) in [7, 11) is 0. The van der Waals surface area contributed by atoms with Gasteiger partial charge in [-0.2, -0.15) is 0 Å². The van der Waals surface area contributed by atoms with Gasteiger partial charge in [0.2, 0.25) is 0 Å². The number of aromatic nitrogens is 1. The topological polar surface area (TPSA) is 44.9 Å². The highest BCUT2D eigenvalue weighted by Gasteiger charge is 2.11. The molecule has 5 heteroatoms. The Bertz CT molecular complexity index is 582. The number of carbonyl (C=O) groups excluding carboxylic acids is 1. The Morgan fingerprint density at radius 3 is 2.22 bits per heavy atom. The fourth-order valence-corrected chi connectivity index (χ4v) is 2.82. The maximum Gasteiger partial charge on any atom is 0.272 e. The quantitative estimate of drug-likeness (QED) is 0.806. The maximum absolute atomic E-state index is 12.0. The molecule has 2 rings (SSSR count). The van der Waals surface area contributed by atoms with E-state index in [9.17, 15) is 4.79 Å². The number of aryl methyl sites for hydroxylation is 2. The standard InChI is InChI=1S/C13H12Br2N2O/c1-7-3-9(14)4-8(2)12(7)17-13(18)11-5-10(15)6-16-11/h3-6,16H,1-2H3,(H,17,18). The van der Waals surface area contributed by atoms with Gasteiger partial charge in [-0.25, -0.2) is 0 Å². The van der Waals surface area contributed by atoms with Crippen LogP contribution in [0.4, 0.5) is 5.69 Å². The van der Waals surface area contributed by atoms with E-state index in [1.807, 2.05) is 26.0 Å². The van der Waals surface area contributed by atoms with Crippen LogP contribution >= 0.6 is 31.9 Å². The molecule has 0 aliphatic carbocycles. The number of amides is 1. The number of benzene rings is 1. The molecule has 94 valence electrons. The van der Waals surface area contributed by atoms with E-state index in [1.54, 1.807) is 12.3 Å². The molecule has 0 saturated heterocycles. The number of rotatable bonds is 2. The van der Waals surface area contributed by atoms with Gasteiger partial charge in [0.25, 0.3) is 5.91 Å². The summed E-state index contributed by atoms with van der Waals surface area (Å²) < 4.78 is 1.87. The van der Waals surface area contributed by atoms with Gasteiger partial charge in [0.15, 0.2) is 0 Å². The van der Waals surface area contributed by atoms with E-state index in [0.717, 1.165) is 25.8 Å². The zero-order chi connectivity index (χ0) is 13.3. The fraction of sp³-hybridized carbons (Fsp3) is 0.154. The third kappa shape index (κ3) is 2.84. The van der Waals surface area contributed by atoms with Crippen LogP contribution in [-0.2, 0) is 0 Å². The van der Waals surface area contributed by atoms with Crippen molar-refractivity contribution in [2.75, 3.05) is 5.32 Å². The van der Waals surface area contributed by atoms with Gasteiger partial charge in [0, 0.05) is 20.8 Å². The van der Waals surface area contributed by atoms with Gasteiger partial charge >= 0.3 is 0 Å².